The van der Waals surface area contributed by atoms with Gasteiger partial charge in [-0.15, -0.1) is 0 Å². The minimum Gasteiger partial charge on any atom is -0.199 e. The van der Waals surface area contributed by atoms with Gasteiger partial charge in [0.2, 0.25) is 0 Å². The molecule has 0 spiro atoms. The molecule has 1 aliphatic heterocycles. The Hall–Kier alpha value is -0.130. The highest BCUT2D eigenvalue weighted by Crippen LogP contribution is 2.13. The van der Waals surface area contributed by atoms with Crippen LogP contribution >= 0.6 is 0 Å². The molecule has 1 fully saturated rings. The molecule has 5 heteroatoms. The second-order valence-corrected chi connectivity index (χ2v) is 7.16. The number of nitrogens with zero attached hydrogens (tertiary/aromatic N) is 1. The predicted octanol–water partition coefficient (Wildman–Crippen LogP) is 2.13. The molecule has 1 N–H and O–H groups in total. The second kappa shape index (κ2) is 6.71. The molecule has 0 aromatic heterocycles. The summed E-state index contributed by atoms with van der Waals surface area (Å²) in [5.74, 6) is 0.622. The van der Waals surface area contributed by atoms with E-state index in [-0.39, 0.29) is 6.04 Å². The lowest BCUT2D eigenvalue weighted by atomic mass is 10.1. The Balaban J connectivity index is 2.42. The minimum atomic E-state index is -3.25. The van der Waals surface area contributed by atoms with Crippen LogP contribution in [0.3, 0.4) is 0 Å². The van der Waals surface area contributed by atoms with Crippen molar-refractivity contribution in [3.05, 3.63) is 0 Å². The van der Waals surface area contributed by atoms with Gasteiger partial charge < -0.3 is 0 Å². The van der Waals surface area contributed by atoms with Crippen molar-refractivity contribution in [2.24, 2.45) is 5.92 Å². The van der Waals surface area contributed by atoms with Crippen LogP contribution in [0.1, 0.15) is 52.9 Å². The van der Waals surface area contributed by atoms with Gasteiger partial charge in [0.15, 0.2) is 0 Å². The van der Waals surface area contributed by atoms with Crippen LogP contribution in [0.15, 0.2) is 0 Å². The summed E-state index contributed by atoms with van der Waals surface area (Å²) in [6.07, 6.45) is 5.09. The quantitative estimate of drug-likeness (QED) is 0.797. The molecule has 1 aliphatic rings. The van der Waals surface area contributed by atoms with Crippen molar-refractivity contribution in [3.8, 4) is 0 Å². The average Bonchev–Trinajstić information content (AvgIpc) is 2.27. The first-order chi connectivity index (χ1) is 7.92. The highest BCUT2D eigenvalue weighted by Gasteiger charge is 2.24. The molecule has 1 heterocycles. The van der Waals surface area contributed by atoms with Gasteiger partial charge >= 0.3 is 0 Å². The molecule has 0 bridgehead atoms. The average molecular weight is 262 g/mol. The number of nitrogens with one attached hydrogen (secondary N) is 1. The zero-order valence-corrected chi connectivity index (χ0v) is 12.1. The maximum Gasteiger partial charge on any atom is 0.279 e. The summed E-state index contributed by atoms with van der Waals surface area (Å²) in [4.78, 5) is 0. The largest absolute Gasteiger partial charge is 0.279 e. The van der Waals surface area contributed by atoms with Crippen molar-refractivity contribution in [1.82, 2.24) is 9.03 Å². The molecule has 0 amide bonds. The molecule has 0 radical (unpaired) electrons. The van der Waals surface area contributed by atoms with Crippen molar-refractivity contribution < 1.29 is 8.42 Å². The van der Waals surface area contributed by atoms with Crippen molar-refractivity contribution in [3.63, 3.8) is 0 Å². The highest BCUT2D eigenvalue weighted by atomic mass is 32.2. The van der Waals surface area contributed by atoms with Crippen LogP contribution in [-0.4, -0.2) is 31.9 Å². The summed E-state index contributed by atoms with van der Waals surface area (Å²) in [6.45, 7) is 7.61. The molecule has 102 valence electrons. The van der Waals surface area contributed by atoms with E-state index in [0.717, 1.165) is 32.1 Å². The number of rotatable bonds is 6. The van der Waals surface area contributed by atoms with E-state index < -0.39 is 10.2 Å². The third kappa shape index (κ3) is 5.36. The van der Waals surface area contributed by atoms with E-state index in [2.05, 4.69) is 18.6 Å². The van der Waals surface area contributed by atoms with Gasteiger partial charge in [-0.1, -0.05) is 20.3 Å². The van der Waals surface area contributed by atoms with Gasteiger partial charge in [0.25, 0.3) is 10.2 Å². The van der Waals surface area contributed by atoms with E-state index in [4.69, 9.17) is 0 Å². The normalized spacial score (nSPS) is 20.7. The van der Waals surface area contributed by atoms with Gasteiger partial charge in [-0.05, 0) is 38.5 Å². The van der Waals surface area contributed by atoms with Gasteiger partial charge in [0.05, 0.1) is 0 Å². The van der Waals surface area contributed by atoms with Crippen LogP contribution in [0, 0.1) is 5.92 Å². The number of hydrogen-bond donors (Lipinski definition) is 1. The van der Waals surface area contributed by atoms with Gasteiger partial charge in [-0.3, -0.25) is 0 Å². The van der Waals surface area contributed by atoms with Crippen LogP contribution in [0.25, 0.3) is 0 Å². The predicted molar refractivity (Wildman–Crippen MR) is 71.0 cm³/mol. The highest BCUT2D eigenvalue weighted by molar-refractivity contribution is 7.87. The van der Waals surface area contributed by atoms with Crippen LogP contribution in [0.5, 0.6) is 0 Å². The monoisotopic (exact) mass is 262 g/mol. The third-order valence-corrected chi connectivity index (χ3v) is 4.93. The summed E-state index contributed by atoms with van der Waals surface area (Å²) >= 11 is 0. The maximum atomic E-state index is 12.1. The van der Waals surface area contributed by atoms with Gasteiger partial charge in [-0.2, -0.15) is 17.4 Å². The molecule has 17 heavy (non-hydrogen) atoms. The maximum absolute atomic E-state index is 12.1. The van der Waals surface area contributed by atoms with Crippen LogP contribution in [-0.2, 0) is 10.2 Å². The van der Waals surface area contributed by atoms with Crippen LogP contribution in [0.4, 0.5) is 0 Å². The van der Waals surface area contributed by atoms with E-state index in [1.165, 1.54) is 0 Å². The lowest BCUT2D eigenvalue weighted by Gasteiger charge is -2.27. The standard InChI is InChI=1S/C12H26N2O2S/c1-11(2)7-8-12(3)13-17(15,16)14-9-5-4-6-10-14/h11-13H,4-10H2,1-3H3. The molecule has 0 aliphatic carbocycles. The van der Waals surface area contributed by atoms with Crippen molar-refractivity contribution in [2.75, 3.05) is 13.1 Å². The Kier molecular flexibility index (Phi) is 5.89. The first kappa shape index (κ1) is 14.9. The fourth-order valence-corrected chi connectivity index (χ4v) is 3.59. The summed E-state index contributed by atoms with van der Waals surface area (Å²) in [5.41, 5.74) is 0. The fourth-order valence-electron chi connectivity index (χ4n) is 2.08. The zero-order chi connectivity index (χ0) is 12.9. The lowest BCUT2D eigenvalue weighted by Crippen LogP contribution is -2.46. The molecule has 1 saturated heterocycles. The topological polar surface area (TPSA) is 49.4 Å². The molecular weight excluding hydrogens is 236 g/mol. The molecule has 4 nitrogen and oxygen atoms in total. The fraction of sp³-hybridized carbons (Fsp3) is 1.00. The Bertz CT molecular complexity index is 308. The third-order valence-electron chi connectivity index (χ3n) is 3.18. The number of piperidine rings is 1. The molecule has 1 rings (SSSR count). The van der Waals surface area contributed by atoms with E-state index in [9.17, 15) is 8.42 Å². The second-order valence-electron chi connectivity index (χ2n) is 5.45. The molecule has 0 aromatic rings. The van der Waals surface area contributed by atoms with Crippen molar-refractivity contribution in [2.45, 2.75) is 58.9 Å². The van der Waals surface area contributed by atoms with Crippen LogP contribution in [0.2, 0.25) is 0 Å². The Morgan fingerprint density at radius 3 is 2.18 bits per heavy atom. The van der Waals surface area contributed by atoms with Crippen LogP contribution < -0.4 is 4.72 Å². The van der Waals surface area contributed by atoms with Gasteiger partial charge in [0.1, 0.15) is 0 Å². The Morgan fingerprint density at radius 1 is 1.06 bits per heavy atom. The van der Waals surface area contributed by atoms with E-state index in [1.807, 2.05) is 6.92 Å². The molecule has 0 saturated carbocycles. The van der Waals surface area contributed by atoms with E-state index in [1.54, 1.807) is 4.31 Å². The zero-order valence-electron chi connectivity index (χ0n) is 11.3. The smallest absolute Gasteiger partial charge is 0.199 e. The summed E-state index contributed by atoms with van der Waals surface area (Å²) in [6, 6.07) is 0.0318. The first-order valence-electron chi connectivity index (χ1n) is 6.69. The number of hydrogen-bond acceptors (Lipinski definition) is 2. The van der Waals surface area contributed by atoms with E-state index in [0.29, 0.717) is 19.0 Å². The summed E-state index contributed by atoms with van der Waals surface area (Å²) < 4.78 is 28.5. The molecule has 1 unspecified atom stereocenters. The summed E-state index contributed by atoms with van der Waals surface area (Å²) in [7, 11) is -3.25. The SMILES string of the molecule is CC(C)CCC(C)NS(=O)(=O)N1CCCCC1. The van der Waals surface area contributed by atoms with Gasteiger partial charge in [-0.25, -0.2) is 0 Å². The van der Waals surface area contributed by atoms with Crippen molar-refractivity contribution in [1.29, 1.82) is 0 Å². The van der Waals surface area contributed by atoms with Crippen molar-refractivity contribution >= 4 is 10.2 Å². The first-order valence-corrected chi connectivity index (χ1v) is 8.13. The Labute approximate surface area is 106 Å². The molecular formula is C12H26N2O2S. The van der Waals surface area contributed by atoms with E-state index >= 15 is 0 Å². The Morgan fingerprint density at radius 2 is 1.65 bits per heavy atom. The molecule has 0 aromatic carbocycles. The minimum absolute atomic E-state index is 0.0318. The molecule has 1 atom stereocenters. The lowest BCUT2D eigenvalue weighted by molar-refractivity contribution is 0.337. The van der Waals surface area contributed by atoms with Gasteiger partial charge in [0, 0.05) is 19.1 Å². The summed E-state index contributed by atoms with van der Waals surface area (Å²) in [5, 5.41) is 0.